The molecule has 0 aliphatic rings. The van der Waals surface area contributed by atoms with E-state index in [-0.39, 0.29) is 14.8 Å². The standard InChI is InChI=1S/C11H6INO5/c14-11(15)8-4-6-2-1-3-10(13(17)18)7(6)5-9(8)12-16/h1-5H,(H,14,15). The average Bonchev–Trinajstić information content (AvgIpc) is 2.35. The number of hydrogen-bond acceptors (Lipinski definition) is 4. The molecule has 2 aromatic carbocycles. The van der Waals surface area contributed by atoms with Crippen LogP contribution in [0.4, 0.5) is 5.69 Å². The average molecular weight is 359 g/mol. The maximum absolute atomic E-state index is 11.1. The van der Waals surface area contributed by atoms with E-state index in [2.05, 4.69) is 0 Å². The first kappa shape index (κ1) is 12.6. The van der Waals surface area contributed by atoms with E-state index in [9.17, 15) is 18.0 Å². The van der Waals surface area contributed by atoms with Gasteiger partial charge < -0.3 is 5.11 Å². The molecule has 0 bridgehead atoms. The molecule has 0 heterocycles. The van der Waals surface area contributed by atoms with Gasteiger partial charge in [-0.1, -0.05) is 12.1 Å². The molecular formula is C11H6INO5. The first-order chi connectivity index (χ1) is 8.54. The summed E-state index contributed by atoms with van der Waals surface area (Å²) < 4.78 is 11.2. The summed E-state index contributed by atoms with van der Waals surface area (Å²) in [6, 6.07) is 7.05. The van der Waals surface area contributed by atoms with Crippen LogP contribution in [-0.2, 0) is 3.07 Å². The predicted molar refractivity (Wildman–Crippen MR) is 71.0 cm³/mol. The molecule has 92 valence electrons. The van der Waals surface area contributed by atoms with Crippen LogP contribution in [0.5, 0.6) is 0 Å². The maximum Gasteiger partial charge on any atom is 0.336 e. The number of fused-ring (bicyclic) bond motifs is 1. The SMILES string of the molecule is O=Ic1cc2c([N+](=O)[O-])cccc2cc1C(=O)O. The first-order valence-electron chi connectivity index (χ1n) is 4.76. The van der Waals surface area contributed by atoms with Crippen molar-refractivity contribution in [2.45, 2.75) is 0 Å². The maximum atomic E-state index is 11.1. The lowest BCUT2D eigenvalue weighted by Crippen LogP contribution is -2.00. The molecule has 7 heteroatoms. The van der Waals surface area contributed by atoms with Crippen LogP contribution in [0, 0.1) is 13.7 Å². The molecule has 6 nitrogen and oxygen atoms in total. The zero-order chi connectivity index (χ0) is 13.3. The largest absolute Gasteiger partial charge is 0.478 e. The van der Waals surface area contributed by atoms with Crippen LogP contribution < -0.4 is 0 Å². The Labute approximate surface area is 111 Å². The van der Waals surface area contributed by atoms with Gasteiger partial charge in [0.25, 0.3) is 5.69 Å². The summed E-state index contributed by atoms with van der Waals surface area (Å²) in [6.07, 6.45) is 0. The Morgan fingerprint density at radius 3 is 2.61 bits per heavy atom. The van der Waals surface area contributed by atoms with E-state index in [0.29, 0.717) is 10.8 Å². The number of carboxylic acids is 1. The van der Waals surface area contributed by atoms with Crippen molar-refractivity contribution in [3.05, 3.63) is 49.6 Å². The summed E-state index contributed by atoms with van der Waals surface area (Å²) in [7, 11) is 0. The second kappa shape index (κ2) is 4.77. The van der Waals surface area contributed by atoms with E-state index in [1.807, 2.05) is 0 Å². The number of rotatable bonds is 3. The van der Waals surface area contributed by atoms with Gasteiger partial charge >= 0.3 is 5.97 Å². The summed E-state index contributed by atoms with van der Waals surface area (Å²) in [5.41, 5.74) is -0.186. The van der Waals surface area contributed by atoms with E-state index in [1.54, 1.807) is 6.07 Å². The second-order valence-electron chi connectivity index (χ2n) is 3.47. The quantitative estimate of drug-likeness (QED) is 0.516. The minimum Gasteiger partial charge on any atom is -0.478 e. The first-order valence-corrected chi connectivity index (χ1v) is 6.72. The van der Waals surface area contributed by atoms with Crippen molar-refractivity contribution in [1.82, 2.24) is 0 Å². The number of nitro groups is 1. The number of nitrogens with zero attached hydrogens (tertiary/aromatic N) is 1. The van der Waals surface area contributed by atoms with Gasteiger partial charge in [-0.05, 0) is 17.5 Å². The second-order valence-corrected chi connectivity index (χ2v) is 5.07. The lowest BCUT2D eigenvalue weighted by molar-refractivity contribution is -0.383. The molecule has 0 aliphatic carbocycles. The molecule has 0 atom stereocenters. The van der Waals surface area contributed by atoms with Crippen LogP contribution in [0.25, 0.3) is 10.8 Å². The van der Waals surface area contributed by atoms with Gasteiger partial charge in [0.15, 0.2) is 21.2 Å². The lowest BCUT2D eigenvalue weighted by Gasteiger charge is -2.03. The molecule has 2 aromatic rings. The highest BCUT2D eigenvalue weighted by Gasteiger charge is 2.17. The third-order valence-corrected chi connectivity index (χ3v) is 3.82. The highest BCUT2D eigenvalue weighted by molar-refractivity contribution is 14.1. The molecular weight excluding hydrogens is 353 g/mol. The zero-order valence-corrected chi connectivity index (χ0v) is 10.9. The van der Waals surface area contributed by atoms with Crippen molar-refractivity contribution < 1.29 is 17.9 Å². The molecule has 0 spiro atoms. The minimum absolute atomic E-state index is 0.0641. The molecule has 18 heavy (non-hydrogen) atoms. The van der Waals surface area contributed by atoms with Crippen molar-refractivity contribution >= 4 is 43.6 Å². The third kappa shape index (κ3) is 2.08. The van der Waals surface area contributed by atoms with E-state index >= 15 is 0 Å². The Balaban J connectivity index is 2.87. The number of hydrogen-bond donors (Lipinski definition) is 1. The summed E-state index contributed by atoms with van der Waals surface area (Å²) in [5.74, 6) is -1.19. The van der Waals surface area contributed by atoms with Crippen LogP contribution in [0.3, 0.4) is 0 Å². The van der Waals surface area contributed by atoms with Gasteiger partial charge in [0.05, 0.1) is 19.4 Å². The highest BCUT2D eigenvalue weighted by Crippen LogP contribution is 2.30. The molecule has 0 fully saturated rings. The van der Waals surface area contributed by atoms with Gasteiger partial charge in [-0.3, -0.25) is 13.2 Å². The molecule has 2 rings (SSSR count). The number of benzene rings is 2. The summed E-state index contributed by atoms with van der Waals surface area (Å²) >= 11 is -1.71. The third-order valence-electron chi connectivity index (χ3n) is 2.46. The van der Waals surface area contributed by atoms with Gasteiger partial charge in [-0.2, -0.15) is 0 Å². The van der Waals surface area contributed by atoms with Crippen molar-refractivity contribution in [2.24, 2.45) is 0 Å². The van der Waals surface area contributed by atoms with Crippen LogP contribution in [0.15, 0.2) is 30.3 Å². The fourth-order valence-corrected chi connectivity index (χ4v) is 2.73. The van der Waals surface area contributed by atoms with Gasteiger partial charge in [-0.25, -0.2) is 4.79 Å². The van der Waals surface area contributed by atoms with E-state index in [4.69, 9.17) is 5.11 Å². The monoisotopic (exact) mass is 359 g/mol. The Morgan fingerprint density at radius 2 is 2.06 bits per heavy atom. The molecule has 0 amide bonds. The Morgan fingerprint density at radius 1 is 1.33 bits per heavy atom. The smallest absolute Gasteiger partial charge is 0.336 e. The van der Waals surface area contributed by atoms with Gasteiger partial charge in [0, 0.05) is 6.07 Å². The summed E-state index contributed by atoms with van der Waals surface area (Å²) in [5, 5.41) is 20.6. The van der Waals surface area contributed by atoms with Crippen LogP contribution in [-0.4, -0.2) is 16.0 Å². The van der Waals surface area contributed by atoms with Crippen LogP contribution in [0.2, 0.25) is 0 Å². The number of nitro benzene ring substituents is 1. The number of aromatic carboxylic acids is 1. The van der Waals surface area contributed by atoms with Crippen molar-refractivity contribution in [2.75, 3.05) is 0 Å². The van der Waals surface area contributed by atoms with E-state index in [0.717, 1.165) is 0 Å². The number of non-ortho nitro benzene ring substituents is 1. The fourth-order valence-electron chi connectivity index (χ4n) is 1.67. The molecule has 1 N–H and O–H groups in total. The van der Waals surface area contributed by atoms with Crippen molar-refractivity contribution in [1.29, 1.82) is 0 Å². The predicted octanol–water partition coefficient (Wildman–Crippen LogP) is 2.93. The summed E-state index contributed by atoms with van der Waals surface area (Å²) in [6.45, 7) is 0. The lowest BCUT2D eigenvalue weighted by atomic mass is 10.1. The molecule has 0 unspecified atom stereocenters. The van der Waals surface area contributed by atoms with Crippen molar-refractivity contribution in [3.8, 4) is 0 Å². The minimum atomic E-state index is -1.71. The van der Waals surface area contributed by atoms with Crippen LogP contribution >= 0.6 is 21.2 Å². The molecule has 0 radical (unpaired) electrons. The Hall–Kier alpha value is -1.90. The Bertz CT molecular complexity index is 682. The Kier molecular flexibility index (Phi) is 3.32. The molecule has 0 saturated carbocycles. The van der Waals surface area contributed by atoms with Gasteiger partial charge in [0.1, 0.15) is 0 Å². The zero-order valence-electron chi connectivity index (χ0n) is 8.79. The number of carbonyl (C=O) groups is 1. The topological polar surface area (TPSA) is 97.5 Å². The van der Waals surface area contributed by atoms with Gasteiger partial charge in [-0.15, -0.1) is 0 Å². The van der Waals surface area contributed by atoms with E-state index in [1.165, 1.54) is 24.3 Å². The molecule has 0 saturated heterocycles. The molecule has 0 aliphatic heterocycles. The van der Waals surface area contributed by atoms with Crippen LogP contribution in [0.1, 0.15) is 10.4 Å². The number of halogens is 1. The van der Waals surface area contributed by atoms with Crippen molar-refractivity contribution in [3.63, 3.8) is 0 Å². The number of carboxylic acid groups (broad SMARTS) is 1. The molecule has 0 aromatic heterocycles. The normalized spacial score (nSPS) is 10.4. The summed E-state index contributed by atoms with van der Waals surface area (Å²) in [4.78, 5) is 21.3. The van der Waals surface area contributed by atoms with E-state index < -0.39 is 32.1 Å². The fraction of sp³-hybridized carbons (Fsp3) is 0. The van der Waals surface area contributed by atoms with Gasteiger partial charge in [0.2, 0.25) is 0 Å². The highest BCUT2D eigenvalue weighted by atomic mass is 127.